The van der Waals surface area contributed by atoms with E-state index in [1.807, 2.05) is 36.4 Å². The van der Waals surface area contributed by atoms with Crippen molar-refractivity contribution >= 4 is 27.0 Å². The lowest BCUT2D eigenvalue weighted by Gasteiger charge is -1.98. The molecule has 1 heterocycles. The van der Waals surface area contributed by atoms with Crippen molar-refractivity contribution in [3.8, 4) is 11.5 Å². The molecule has 0 radical (unpaired) electrons. The normalized spacial score (nSPS) is 10.9. The molecular weight excluding hydrogens is 278 g/mol. The first-order chi connectivity index (χ1) is 8.36. The number of benzene rings is 2. The van der Waals surface area contributed by atoms with E-state index in [1.54, 1.807) is 0 Å². The third-order valence-corrected chi connectivity index (χ3v) is 3.27. The van der Waals surface area contributed by atoms with Crippen molar-refractivity contribution in [1.29, 1.82) is 0 Å². The van der Waals surface area contributed by atoms with Gasteiger partial charge in [-0.3, -0.25) is 0 Å². The largest absolute Gasteiger partial charge is 0.436 e. The van der Waals surface area contributed by atoms with E-state index in [-0.39, 0.29) is 0 Å². The number of fused-ring (bicyclic) bond motifs is 1. The van der Waals surface area contributed by atoms with Crippen LogP contribution in [0.15, 0.2) is 52.9 Å². The second-order valence-corrected chi connectivity index (χ2v) is 4.38. The van der Waals surface area contributed by atoms with Gasteiger partial charge in [0, 0.05) is 10.9 Å². The minimum atomic E-state index is 0.675. The van der Waals surface area contributed by atoms with Gasteiger partial charge in [-0.2, -0.15) is 0 Å². The topological polar surface area (TPSA) is 26.0 Å². The summed E-state index contributed by atoms with van der Waals surface area (Å²) in [5.41, 5.74) is 3.95. The highest BCUT2D eigenvalue weighted by Crippen LogP contribution is 2.25. The van der Waals surface area contributed by atoms with Crippen molar-refractivity contribution in [3.05, 3.63) is 54.1 Å². The molecule has 0 amide bonds. The van der Waals surface area contributed by atoms with Gasteiger partial charge in [0.25, 0.3) is 0 Å². The number of aromatic nitrogens is 1. The van der Waals surface area contributed by atoms with Crippen molar-refractivity contribution in [3.63, 3.8) is 0 Å². The Morgan fingerprint density at radius 3 is 2.76 bits per heavy atom. The Morgan fingerprint density at radius 1 is 1.06 bits per heavy atom. The maximum absolute atomic E-state index is 5.73. The smallest absolute Gasteiger partial charge is 0.227 e. The Hall–Kier alpha value is -1.61. The fraction of sp³-hybridized carbons (Fsp3) is 0.0714. The summed E-state index contributed by atoms with van der Waals surface area (Å²) in [6.07, 6.45) is 0. The summed E-state index contributed by atoms with van der Waals surface area (Å²) in [4.78, 5) is 4.48. The van der Waals surface area contributed by atoms with E-state index >= 15 is 0 Å². The van der Waals surface area contributed by atoms with E-state index in [2.05, 4.69) is 33.0 Å². The average Bonchev–Trinajstić information content (AvgIpc) is 2.82. The predicted molar refractivity (Wildman–Crippen MR) is 72.1 cm³/mol. The van der Waals surface area contributed by atoms with Gasteiger partial charge in [-0.1, -0.05) is 40.2 Å². The molecule has 0 aliphatic carbocycles. The lowest BCUT2D eigenvalue weighted by Crippen LogP contribution is -1.80. The monoisotopic (exact) mass is 287 g/mol. The molecular formula is C14H10BrNO. The van der Waals surface area contributed by atoms with E-state index < -0.39 is 0 Å². The van der Waals surface area contributed by atoms with E-state index in [9.17, 15) is 0 Å². The summed E-state index contributed by atoms with van der Waals surface area (Å²) in [6.45, 7) is 0. The fourth-order valence-corrected chi connectivity index (χ4v) is 2.13. The first kappa shape index (κ1) is 10.5. The molecule has 2 nitrogen and oxygen atoms in total. The van der Waals surface area contributed by atoms with Gasteiger partial charge in [-0.15, -0.1) is 0 Å². The average molecular weight is 288 g/mol. The van der Waals surface area contributed by atoms with Crippen LogP contribution in [0.4, 0.5) is 0 Å². The highest BCUT2D eigenvalue weighted by Gasteiger charge is 2.07. The summed E-state index contributed by atoms with van der Waals surface area (Å²) >= 11 is 3.45. The number of rotatable bonds is 2. The molecule has 0 bridgehead atoms. The molecule has 1 aromatic heterocycles. The van der Waals surface area contributed by atoms with Crippen LogP contribution in [-0.2, 0) is 5.33 Å². The first-order valence-electron chi connectivity index (χ1n) is 5.37. The van der Waals surface area contributed by atoms with Gasteiger partial charge in [0.2, 0.25) is 5.89 Å². The van der Waals surface area contributed by atoms with Crippen LogP contribution >= 0.6 is 15.9 Å². The van der Waals surface area contributed by atoms with Gasteiger partial charge in [0.1, 0.15) is 5.52 Å². The number of oxazole rings is 1. The summed E-state index contributed by atoms with van der Waals surface area (Å²) in [5, 5.41) is 0.834. The summed E-state index contributed by atoms with van der Waals surface area (Å²) < 4.78 is 5.73. The molecule has 0 fully saturated rings. The van der Waals surface area contributed by atoms with Gasteiger partial charge in [-0.25, -0.2) is 4.98 Å². The summed E-state index contributed by atoms with van der Waals surface area (Å²) in [6, 6.07) is 16.0. The highest BCUT2D eigenvalue weighted by molar-refractivity contribution is 9.08. The lowest BCUT2D eigenvalue weighted by molar-refractivity contribution is 0.620. The minimum Gasteiger partial charge on any atom is -0.436 e. The zero-order valence-electron chi connectivity index (χ0n) is 9.06. The van der Waals surface area contributed by atoms with Crippen molar-refractivity contribution < 1.29 is 4.42 Å². The van der Waals surface area contributed by atoms with E-state index in [1.165, 1.54) is 5.56 Å². The van der Waals surface area contributed by atoms with Crippen molar-refractivity contribution in [2.75, 3.05) is 0 Å². The second kappa shape index (κ2) is 4.34. The number of halogens is 1. The first-order valence-corrected chi connectivity index (χ1v) is 6.50. The molecule has 2 aromatic carbocycles. The van der Waals surface area contributed by atoms with E-state index in [0.717, 1.165) is 22.0 Å². The van der Waals surface area contributed by atoms with Crippen molar-refractivity contribution in [1.82, 2.24) is 4.98 Å². The summed E-state index contributed by atoms with van der Waals surface area (Å²) in [7, 11) is 0. The molecule has 0 aliphatic heterocycles. The molecule has 0 saturated carbocycles. The molecule has 0 aliphatic rings. The van der Waals surface area contributed by atoms with Crippen LogP contribution in [0.1, 0.15) is 5.56 Å². The number of hydrogen-bond acceptors (Lipinski definition) is 2. The SMILES string of the molecule is BrCc1cccc(-c2nc3ccccc3o2)c1. The maximum Gasteiger partial charge on any atom is 0.227 e. The van der Waals surface area contributed by atoms with Gasteiger partial charge in [0.15, 0.2) is 5.58 Å². The van der Waals surface area contributed by atoms with Crippen molar-refractivity contribution in [2.45, 2.75) is 5.33 Å². The Labute approximate surface area is 107 Å². The van der Waals surface area contributed by atoms with Crippen molar-refractivity contribution in [2.24, 2.45) is 0 Å². The quantitative estimate of drug-likeness (QED) is 0.654. The van der Waals surface area contributed by atoms with Crippen LogP contribution < -0.4 is 0 Å². The standard InChI is InChI=1S/C14H10BrNO/c15-9-10-4-3-5-11(8-10)14-16-12-6-1-2-7-13(12)17-14/h1-8H,9H2. The van der Waals surface area contributed by atoms with Crippen LogP contribution in [0, 0.1) is 0 Å². The van der Waals surface area contributed by atoms with Crippen LogP contribution in [0.5, 0.6) is 0 Å². The predicted octanol–water partition coefficient (Wildman–Crippen LogP) is 4.39. The molecule has 3 aromatic rings. The van der Waals surface area contributed by atoms with Gasteiger partial charge in [0.05, 0.1) is 0 Å². The Bertz CT molecular complexity index is 627. The number of alkyl halides is 1. The van der Waals surface area contributed by atoms with E-state index in [0.29, 0.717) is 5.89 Å². The van der Waals surface area contributed by atoms with Crippen LogP contribution in [0.3, 0.4) is 0 Å². The minimum absolute atomic E-state index is 0.675. The maximum atomic E-state index is 5.73. The van der Waals surface area contributed by atoms with Gasteiger partial charge in [-0.05, 0) is 29.8 Å². The van der Waals surface area contributed by atoms with Crippen LogP contribution in [-0.4, -0.2) is 4.98 Å². The summed E-state index contributed by atoms with van der Waals surface area (Å²) in [5.74, 6) is 0.675. The molecule has 0 atom stereocenters. The molecule has 0 unspecified atom stereocenters. The molecule has 3 rings (SSSR count). The van der Waals surface area contributed by atoms with E-state index in [4.69, 9.17) is 4.42 Å². The van der Waals surface area contributed by atoms with Gasteiger partial charge >= 0.3 is 0 Å². The molecule has 0 spiro atoms. The molecule has 0 saturated heterocycles. The van der Waals surface area contributed by atoms with Crippen LogP contribution in [0.2, 0.25) is 0 Å². The molecule has 3 heteroatoms. The molecule has 84 valence electrons. The molecule has 17 heavy (non-hydrogen) atoms. The molecule has 0 N–H and O–H groups in total. The number of para-hydroxylation sites is 2. The van der Waals surface area contributed by atoms with Gasteiger partial charge < -0.3 is 4.42 Å². The van der Waals surface area contributed by atoms with Crippen LogP contribution in [0.25, 0.3) is 22.6 Å². The number of nitrogens with zero attached hydrogens (tertiary/aromatic N) is 1. The third kappa shape index (κ3) is 1.98. The Balaban J connectivity index is 2.13. The Morgan fingerprint density at radius 2 is 1.94 bits per heavy atom. The fourth-order valence-electron chi connectivity index (χ4n) is 1.78. The highest BCUT2D eigenvalue weighted by atomic mass is 79.9. The second-order valence-electron chi connectivity index (χ2n) is 3.82. The third-order valence-electron chi connectivity index (χ3n) is 2.62. The Kier molecular flexibility index (Phi) is 2.69. The lowest BCUT2D eigenvalue weighted by atomic mass is 10.1. The number of hydrogen-bond donors (Lipinski definition) is 0. The zero-order valence-corrected chi connectivity index (χ0v) is 10.6. The zero-order chi connectivity index (χ0) is 11.7.